The molecule has 6 nitrogen and oxygen atoms in total. The molecule has 4 aliphatic rings. The average Bonchev–Trinajstić information content (AvgIpc) is 3.33. The van der Waals surface area contributed by atoms with Crippen LogP contribution in [-0.2, 0) is 35.7 Å². The molecule has 2 amide bonds. The first-order chi connectivity index (χ1) is 13.5. The van der Waals surface area contributed by atoms with Crippen molar-refractivity contribution in [1.82, 2.24) is 9.62 Å². The molecule has 1 radical (unpaired) electrons. The van der Waals surface area contributed by atoms with E-state index in [0.717, 1.165) is 44.2 Å². The summed E-state index contributed by atoms with van der Waals surface area (Å²) >= 11 is 0. The molecule has 1 heterocycles. The number of anilines is 1. The van der Waals surface area contributed by atoms with Crippen LogP contribution in [0.4, 0.5) is 10.5 Å². The van der Waals surface area contributed by atoms with E-state index in [1.807, 2.05) is 0 Å². The van der Waals surface area contributed by atoms with Gasteiger partial charge in [0.25, 0.3) is 0 Å². The molecular formula is C21H29KN3O3S. The normalized spacial score (nSPS) is 21.9. The Morgan fingerprint density at radius 3 is 2.10 bits per heavy atom. The number of carbonyl (C=O) groups is 1. The smallest absolute Gasteiger partial charge is 0.307 e. The van der Waals surface area contributed by atoms with Gasteiger partial charge < -0.3 is 5.32 Å². The van der Waals surface area contributed by atoms with Gasteiger partial charge in [-0.2, -0.15) is 0 Å². The van der Waals surface area contributed by atoms with Crippen LogP contribution in [0.15, 0.2) is 6.07 Å². The number of nitrogens with one attached hydrogen (secondary N) is 2. The van der Waals surface area contributed by atoms with Crippen molar-refractivity contribution in [2.45, 2.75) is 75.5 Å². The van der Waals surface area contributed by atoms with Gasteiger partial charge in [0.1, 0.15) is 5.25 Å². The van der Waals surface area contributed by atoms with Crippen molar-refractivity contribution in [2.75, 3.05) is 18.4 Å². The maximum Gasteiger partial charge on any atom is 0.332 e. The second kappa shape index (κ2) is 8.88. The van der Waals surface area contributed by atoms with E-state index in [0.29, 0.717) is 19.1 Å². The first-order valence-corrected chi connectivity index (χ1v) is 12.3. The van der Waals surface area contributed by atoms with Crippen molar-refractivity contribution in [3.8, 4) is 0 Å². The molecule has 3 aliphatic carbocycles. The molecule has 0 atom stereocenters. The van der Waals surface area contributed by atoms with Crippen LogP contribution in [0.25, 0.3) is 0 Å². The number of urea groups is 1. The molecule has 2 fully saturated rings. The van der Waals surface area contributed by atoms with Crippen molar-refractivity contribution < 1.29 is 13.2 Å². The third-order valence-electron chi connectivity index (χ3n) is 7.10. The molecule has 29 heavy (non-hydrogen) atoms. The summed E-state index contributed by atoms with van der Waals surface area (Å²) in [5, 5.41) is 2.44. The second-order valence-corrected chi connectivity index (χ2v) is 10.8. The van der Waals surface area contributed by atoms with Gasteiger partial charge in [-0.3, -0.25) is 4.90 Å². The minimum Gasteiger partial charge on any atom is -0.307 e. The molecule has 1 aromatic rings. The number of hydrogen-bond donors (Lipinski definition) is 2. The predicted octanol–water partition coefficient (Wildman–Crippen LogP) is 2.36. The number of hydrogen-bond acceptors (Lipinski definition) is 4. The molecular weight excluding hydrogens is 413 g/mol. The van der Waals surface area contributed by atoms with E-state index in [9.17, 15) is 13.2 Å². The van der Waals surface area contributed by atoms with E-state index in [1.54, 1.807) is 0 Å². The standard InChI is InChI=1S/C21H29N3O3S.K/c25-21(23-28(26,27)17-12-24(13-17)16-7-1-2-8-16)22-20-18-9-3-5-14(18)11-15-6-4-10-19(15)20;/h11,16-17H,1-10,12-13H2,(H2,22,23,25);. The van der Waals surface area contributed by atoms with E-state index < -0.39 is 21.3 Å². The van der Waals surface area contributed by atoms with Crippen LogP contribution >= 0.6 is 0 Å². The van der Waals surface area contributed by atoms with Gasteiger partial charge in [0.15, 0.2) is 0 Å². The number of amides is 2. The van der Waals surface area contributed by atoms with E-state index in [1.165, 1.54) is 47.9 Å². The zero-order valence-corrected chi connectivity index (χ0v) is 21.2. The van der Waals surface area contributed by atoms with Gasteiger partial charge in [-0.15, -0.1) is 0 Å². The van der Waals surface area contributed by atoms with Crippen molar-refractivity contribution >= 4 is 73.1 Å². The zero-order valence-electron chi connectivity index (χ0n) is 17.3. The Hall–Kier alpha value is 0.0364. The minimum atomic E-state index is -3.64. The average molecular weight is 443 g/mol. The number of carbonyl (C=O) groups excluding carboxylic acids is 1. The topological polar surface area (TPSA) is 78.5 Å². The zero-order chi connectivity index (χ0) is 19.3. The van der Waals surface area contributed by atoms with Crippen molar-refractivity contribution in [1.29, 1.82) is 0 Å². The number of aryl methyl sites for hydroxylation is 2. The van der Waals surface area contributed by atoms with Crippen LogP contribution in [0, 0.1) is 0 Å². The van der Waals surface area contributed by atoms with E-state index in [2.05, 4.69) is 21.0 Å². The summed E-state index contributed by atoms with van der Waals surface area (Å²) in [7, 11) is -3.64. The summed E-state index contributed by atoms with van der Waals surface area (Å²) in [5.74, 6) is 0. The van der Waals surface area contributed by atoms with Gasteiger partial charge >= 0.3 is 6.03 Å². The maximum atomic E-state index is 12.6. The van der Waals surface area contributed by atoms with Crippen molar-refractivity contribution in [3.63, 3.8) is 0 Å². The molecule has 2 N–H and O–H groups in total. The fraction of sp³-hybridized carbons (Fsp3) is 0.667. The van der Waals surface area contributed by atoms with Crippen molar-refractivity contribution in [2.24, 2.45) is 0 Å². The monoisotopic (exact) mass is 442 g/mol. The number of benzene rings is 1. The van der Waals surface area contributed by atoms with Crippen LogP contribution in [-0.4, -0.2) is 95.1 Å². The van der Waals surface area contributed by atoms with Gasteiger partial charge in [0.05, 0.1) is 0 Å². The first kappa shape index (κ1) is 22.2. The number of sulfonamides is 1. The number of fused-ring (bicyclic) bond motifs is 2. The quantitative estimate of drug-likeness (QED) is 0.702. The summed E-state index contributed by atoms with van der Waals surface area (Å²) in [4.78, 5) is 14.9. The van der Waals surface area contributed by atoms with Crippen LogP contribution in [0.3, 0.4) is 0 Å². The minimum absolute atomic E-state index is 0. The Bertz CT molecular complexity index is 874. The summed E-state index contributed by atoms with van der Waals surface area (Å²) in [6.45, 7) is 1.09. The van der Waals surface area contributed by atoms with Crippen molar-refractivity contribution in [3.05, 3.63) is 28.3 Å². The van der Waals surface area contributed by atoms with Gasteiger partial charge in [-0.05, 0) is 73.6 Å². The SMILES string of the molecule is O=C(Nc1c2c(cc3c1CCC3)CCC2)NS(=O)(=O)C1CN(C2CCCC2)C1.[K]. The van der Waals surface area contributed by atoms with Crippen LogP contribution in [0.2, 0.25) is 0 Å². The molecule has 1 saturated carbocycles. The Morgan fingerprint density at radius 1 is 0.931 bits per heavy atom. The van der Waals surface area contributed by atoms with E-state index in [-0.39, 0.29) is 51.4 Å². The number of likely N-dealkylation sites (tertiary alicyclic amines) is 1. The summed E-state index contributed by atoms with van der Waals surface area (Å²) in [6, 6.07) is 2.24. The van der Waals surface area contributed by atoms with Gasteiger partial charge in [0, 0.05) is 76.2 Å². The van der Waals surface area contributed by atoms with Crippen LogP contribution in [0.5, 0.6) is 0 Å². The third kappa shape index (κ3) is 4.36. The molecule has 0 aromatic heterocycles. The van der Waals surface area contributed by atoms with Gasteiger partial charge in [0.2, 0.25) is 10.0 Å². The molecule has 153 valence electrons. The number of nitrogens with zero attached hydrogens (tertiary/aromatic N) is 1. The number of rotatable bonds is 4. The molecule has 1 aliphatic heterocycles. The summed E-state index contributed by atoms with van der Waals surface area (Å²) in [5.41, 5.74) is 5.96. The Balaban J connectivity index is 0.00000205. The Labute approximate surface area is 216 Å². The molecule has 1 saturated heterocycles. The third-order valence-corrected chi connectivity index (χ3v) is 8.75. The van der Waals surface area contributed by atoms with E-state index >= 15 is 0 Å². The fourth-order valence-electron chi connectivity index (χ4n) is 5.55. The van der Waals surface area contributed by atoms with Gasteiger partial charge in [-0.1, -0.05) is 18.9 Å². The molecule has 5 rings (SSSR count). The van der Waals surface area contributed by atoms with E-state index in [4.69, 9.17) is 0 Å². The molecule has 8 heteroatoms. The van der Waals surface area contributed by atoms with Crippen LogP contribution < -0.4 is 10.0 Å². The second-order valence-electron chi connectivity index (χ2n) is 8.85. The molecule has 0 spiro atoms. The maximum absolute atomic E-state index is 12.6. The summed E-state index contributed by atoms with van der Waals surface area (Å²) in [6.07, 6.45) is 11.1. The predicted molar refractivity (Wildman–Crippen MR) is 115 cm³/mol. The fourth-order valence-corrected chi connectivity index (χ4v) is 6.80. The summed E-state index contributed by atoms with van der Waals surface area (Å²) < 4.78 is 27.6. The Morgan fingerprint density at radius 2 is 1.52 bits per heavy atom. The van der Waals surface area contributed by atoms with Gasteiger partial charge in [-0.25, -0.2) is 17.9 Å². The molecule has 0 unspecified atom stereocenters. The molecule has 0 bridgehead atoms. The Kier molecular flexibility index (Phi) is 6.81. The molecule has 1 aromatic carbocycles. The van der Waals surface area contributed by atoms with Crippen LogP contribution in [0.1, 0.15) is 60.8 Å². The largest absolute Gasteiger partial charge is 0.332 e. The first-order valence-electron chi connectivity index (χ1n) is 10.7.